The third-order valence-corrected chi connectivity index (χ3v) is 1.45. The molecule has 0 aliphatic heterocycles. The number of aromatic nitrogens is 2. The van der Waals surface area contributed by atoms with Gasteiger partial charge in [0.1, 0.15) is 6.07 Å². The van der Waals surface area contributed by atoms with Gasteiger partial charge in [0.15, 0.2) is 0 Å². The molecule has 0 aliphatic rings. The van der Waals surface area contributed by atoms with E-state index in [4.69, 9.17) is 5.26 Å². The minimum atomic E-state index is 0.482. The first-order valence-electron chi connectivity index (χ1n) is 4.18. The second-order valence-electron chi connectivity index (χ2n) is 3.18. The average molecular weight is 176 g/mol. The van der Waals surface area contributed by atoms with Crippen LogP contribution in [0.4, 0.5) is 5.95 Å². The quantitative estimate of drug-likeness (QED) is 0.756. The summed E-state index contributed by atoms with van der Waals surface area (Å²) in [6, 6.07) is 1.97. The smallest absolute Gasteiger partial charge is 0.222 e. The van der Waals surface area contributed by atoms with Crippen molar-refractivity contribution in [2.75, 3.05) is 11.9 Å². The molecule has 1 rings (SSSR count). The fourth-order valence-electron chi connectivity index (χ4n) is 0.772. The molecule has 0 fully saturated rings. The number of hydrogen-bond acceptors (Lipinski definition) is 4. The molecule has 0 saturated carbocycles. The zero-order chi connectivity index (χ0) is 9.68. The topological polar surface area (TPSA) is 61.6 Å². The van der Waals surface area contributed by atoms with Crippen molar-refractivity contribution >= 4 is 5.95 Å². The molecule has 1 N–H and O–H groups in total. The van der Waals surface area contributed by atoms with Gasteiger partial charge in [-0.1, -0.05) is 13.8 Å². The third kappa shape index (κ3) is 3.08. The Morgan fingerprint density at radius 3 is 2.54 bits per heavy atom. The van der Waals surface area contributed by atoms with Gasteiger partial charge in [-0.25, -0.2) is 9.97 Å². The third-order valence-electron chi connectivity index (χ3n) is 1.45. The van der Waals surface area contributed by atoms with Gasteiger partial charge in [-0.3, -0.25) is 0 Å². The van der Waals surface area contributed by atoms with Crippen molar-refractivity contribution < 1.29 is 0 Å². The Kier molecular flexibility index (Phi) is 3.21. The molecule has 0 bridgehead atoms. The molecule has 13 heavy (non-hydrogen) atoms. The highest BCUT2D eigenvalue weighted by Crippen LogP contribution is 2.00. The molecular formula is C9H12N4. The number of nitrogens with zero attached hydrogens (tertiary/aromatic N) is 3. The molecule has 0 unspecified atom stereocenters. The van der Waals surface area contributed by atoms with Crippen molar-refractivity contribution in [3.63, 3.8) is 0 Å². The summed E-state index contributed by atoms with van der Waals surface area (Å²) in [5.74, 6) is 1.13. The zero-order valence-electron chi connectivity index (χ0n) is 7.78. The van der Waals surface area contributed by atoms with Crippen molar-refractivity contribution in [3.8, 4) is 6.07 Å². The number of rotatable bonds is 3. The first kappa shape index (κ1) is 9.46. The SMILES string of the molecule is CC(C)CNc1ncc(C#N)cn1. The molecule has 0 atom stereocenters. The van der Waals surface area contributed by atoms with Gasteiger partial charge >= 0.3 is 0 Å². The molecule has 0 aromatic carbocycles. The molecule has 4 nitrogen and oxygen atoms in total. The maximum Gasteiger partial charge on any atom is 0.222 e. The molecule has 0 saturated heterocycles. The molecule has 68 valence electrons. The highest BCUT2D eigenvalue weighted by atomic mass is 15.1. The Morgan fingerprint density at radius 1 is 1.46 bits per heavy atom. The number of nitrogens with one attached hydrogen (secondary N) is 1. The Morgan fingerprint density at radius 2 is 2.08 bits per heavy atom. The molecule has 0 spiro atoms. The van der Waals surface area contributed by atoms with Crippen LogP contribution in [0.5, 0.6) is 0 Å². The van der Waals surface area contributed by atoms with Crippen molar-refractivity contribution in [1.82, 2.24) is 9.97 Å². The molecular weight excluding hydrogens is 164 g/mol. The van der Waals surface area contributed by atoms with Gasteiger partial charge in [-0.15, -0.1) is 0 Å². The molecule has 1 heterocycles. The van der Waals surface area contributed by atoms with Gasteiger partial charge in [-0.2, -0.15) is 5.26 Å². The Hall–Kier alpha value is -1.63. The summed E-state index contributed by atoms with van der Waals surface area (Å²) >= 11 is 0. The highest BCUT2D eigenvalue weighted by molar-refractivity contribution is 5.29. The monoisotopic (exact) mass is 176 g/mol. The van der Waals surface area contributed by atoms with Gasteiger partial charge in [0.2, 0.25) is 5.95 Å². The van der Waals surface area contributed by atoms with Crippen LogP contribution in [-0.4, -0.2) is 16.5 Å². The standard InChI is InChI=1S/C9H12N4/c1-7(2)4-11-9-12-5-8(3-10)6-13-9/h5-7H,4H2,1-2H3,(H,11,12,13). The lowest BCUT2D eigenvalue weighted by Crippen LogP contribution is -2.10. The lowest BCUT2D eigenvalue weighted by molar-refractivity contribution is 0.684. The van der Waals surface area contributed by atoms with E-state index in [-0.39, 0.29) is 0 Å². The van der Waals surface area contributed by atoms with Crippen LogP contribution in [0.1, 0.15) is 19.4 Å². The highest BCUT2D eigenvalue weighted by Gasteiger charge is 1.97. The largest absolute Gasteiger partial charge is 0.354 e. The van der Waals surface area contributed by atoms with Gasteiger partial charge in [0, 0.05) is 6.54 Å². The van der Waals surface area contributed by atoms with E-state index < -0.39 is 0 Å². The van der Waals surface area contributed by atoms with E-state index in [1.807, 2.05) is 6.07 Å². The van der Waals surface area contributed by atoms with E-state index >= 15 is 0 Å². The van der Waals surface area contributed by atoms with Crippen LogP contribution in [0.2, 0.25) is 0 Å². The predicted molar refractivity (Wildman–Crippen MR) is 50.1 cm³/mol. The summed E-state index contributed by atoms with van der Waals surface area (Å²) < 4.78 is 0. The van der Waals surface area contributed by atoms with Crippen LogP contribution in [0.25, 0.3) is 0 Å². The minimum absolute atomic E-state index is 0.482. The molecule has 0 aliphatic carbocycles. The molecule has 4 heteroatoms. The minimum Gasteiger partial charge on any atom is -0.354 e. The molecule has 1 aromatic rings. The van der Waals surface area contributed by atoms with E-state index in [1.165, 1.54) is 12.4 Å². The fourth-order valence-corrected chi connectivity index (χ4v) is 0.772. The summed E-state index contributed by atoms with van der Waals surface area (Å²) in [6.07, 6.45) is 3.02. The van der Waals surface area contributed by atoms with Gasteiger partial charge < -0.3 is 5.32 Å². The van der Waals surface area contributed by atoms with Crippen LogP contribution in [0.3, 0.4) is 0 Å². The summed E-state index contributed by atoms with van der Waals surface area (Å²) in [5, 5.41) is 11.6. The van der Waals surface area contributed by atoms with Crippen molar-refractivity contribution in [1.29, 1.82) is 5.26 Å². The lowest BCUT2D eigenvalue weighted by Gasteiger charge is -2.05. The first-order chi connectivity index (χ1) is 6.22. The van der Waals surface area contributed by atoms with Crippen LogP contribution < -0.4 is 5.32 Å². The van der Waals surface area contributed by atoms with E-state index in [9.17, 15) is 0 Å². The van der Waals surface area contributed by atoms with E-state index in [0.717, 1.165) is 6.54 Å². The maximum atomic E-state index is 8.50. The van der Waals surface area contributed by atoms with Crippen molar-refractivity contribution in [2.24, 2.45) is 5.92 Å². The van der Waals surface area contributed by atoms with E-state index in [2.05, 4.69) is 29.1 Å². The second kappa shape index (κ2) is 4.41. The van der Waals surface area contributed by atoms with Crippen molar-refractivity contribution in [3.05, 3.63) is 18.0 Å². The van der Waals surface area contributed by atoms with Gasteiger partial charge in [0.25, 0.3) is 0 Å². The lowest BCUT2D eigenvalue weighted by atomic mass is 10.2. The number of anilines is 1. The van der Waals surface area contributed by atoms with Crippen LogP contribution >= 0.6 is 0 Å². The van der Waals surface area contributed by atoms with Crippen LogP contribution in [0.15, 0.2) is 12.4 Å². The summed E-state index contributed by atoms with van der Waals surface area (Å²) in [7, 11) is 0. The fraction of sp³-hybridized carbons (Fsp3) is 0.444. The van der Waals surface area contributed by atoms with Gasteiger partial charge in [0.05, 0.1) is 18.0 Å². The van der Waals surface area contributed by atoms with E-state index in [1.54, 1.807) is 0 Å². The average Bonchev–Trinajstić information content (AvgIpc) is 2.15. The first-order valence-corrected chi connectivity index (χ1v) is 4.18. The number of hydrogen-bond donors (Lipinski definition) is 1. The second-order valence-corrected chi connectivity index (χ2v) is 3.18. The Labute approximate surface area is 77.6 Å². The predicted octanol–water partition coefficient (Wildman–Crippen LogP) is 1.42. The summed E-state index contributed by atoms with van der Waals surface area (Å²) in [4.78, 5) is 7.95. The normalized spacial score (nSPS) is 9.69. The maximum absolute atomic E-state index is 8.50. The Bertz CT molecular complexity index is 296. The van der Waals surface area contributed by atoms with Crippen molar-refractivity contribution in [2.45, 2.75) is 13.8 Å². The van der Waals surface area contributed by atoms with Crippen LogP contribution in [-0.2, 0) is 0 Å². The number of nitriles is 1. The summed E-state index contributed by atoms with van der Waals surface area (Å²) in [5.41, 5.74) is 0.482. The van der Waals surface area contributed by atoms with Crippen LogP contribution in [0, 0.1) is 17.2 Å². The molecule has 0 amide bonds. The zero-order valence-corrected chi connectivity index (χ0v) is 7.78. The van der Waals surface area contributed by atoms with Gasteiger partial charge in [-0.05, 0) is 5.92 Å². The molecule has 1 aromatic heterocycles. The molecule has 0 radical (unpaired) electrons. The summed E-state index contributed by atoms with van der Waals surface area (Å²) in [6.45, 7) is 5.05. The Balaban J connectivity index is 2.55. The van der Waals surface area contributed by atoms with E-state index in [0.29, 0.717) is 17.4 Å².